The van der Waals surface area contributed by atoms with E-state index in [1.807, 2.05) is 13.8 Å². The first kappa shape index (κ1) is 22.8. The number of alkyl halides is 3. The van der Waals surface area contributed by atoms with E-state index in [-0.39, 0.29) is 28.8 Å². The van der Waals surface area contributed by atoms with Crippen molar-refractivity contribution in [2.24, 2.45) is 0 Å². The number of aliphatic hydroxyl groups excluding tert-OH is 1. The van der Waals surface area contributed by atoms with Crippen molar-refractivity contribution in [3.63, 3.8) is 0 Å². The molecule has 0 saturated carbocycles. The van der Waals surface area contributed by atoms with Gasteiger partial charge in [-0.05, 0) is 23.8 Å². The minimum absolute atomic E-state index is 0.0546. The van der Waals surface area contributed by atoms with Gasteiger partial charge < -0.3 is 14.4 Å². The second-order valence-corrected chi connectivity index (χ2v) is 5.72. The fourth-order valence-corrected chi connectivity index (χ4v) is 2.80. The zero-order chi connectivity index (χ0) is 22.5. The molecular formula is C19H18F3N3O5. The monoisotopic (exact) mass is 425 g/mol. The number of aromatic nitrogens is 2. The van der Waals surface area contributed by atoms with E-state index in [1.165, 1.54) is 22.8 Å². The molecule has 1 N–H and O–H groups in total. The summed E-state index contributed by atoms with van der Waals surface area (Å²) in [6.45, 7) is 3.20. The van der Waals surface area contributed by atoms with Crippen LogP contribution in [-0.2, 0) is 13.2 Å². The van der Waals surface area contributed by atoms with Gasteiger partial charge in [0.25, 0.3) is 11.2 Å². The van der Waals surface area contributed by atoms with Gasteiger partial charge in [0.2, 0.25) is 0 Å². The lowest BCUT2D eigenvalue weighted by Crippen LogP contribution is -2.22. The second-order valence-electron chi connectivity index (χ2n) is 5.72. The van der Waals surface area contributed by atoms with Crippen molar-refractivity contribution < 1.29 is 27.9 Å². The molecule has 1 aromatic heterocycles. The van der Waals surface area contributed by atoms with Crippen LogP contribution >= 0.6 is 0 Å². The van der Waals surface area contributed by atoms with Crippen molar-refractivity contribution in [2.75, 3.05) is 0 Å². The van der Waals surface area contributed by atoms with Crippen LogP contribution in [0.3, 0.4) is 0 Å². The molecule has 3 rings (SSSR count). The maximum Gasteiger partial charge on any atom is 0.573 e. The normalized spacial score (nSPS) is 11.0. The molecule has 1 heterocycles. The fraction of sp³-hybridized carbons (Fsp3) is 0.263. The quantitative estimate of drug-likeness (QED) is 0.493. The standard InChI is InChI=1S/C17H12F3N3O5.C2H6/c18-17(19,20)28-11-3-1-2-10(6-11)8-22-14-5-4-13(23(26)27)12(9-24)16(14)21-7-15(22)25;1-2/h1-7,24H,8-9H2;1-2H3. The number of hydrogen-bond donors (Lipinski definition) is 1. The number of benzene rings is 2. The zero-order valence-electron chi connectivity index (χ0n) is 16.0. The molecule has 30 heavy (non-hydrogen) atoms. The van der Waals surface area contributed by atoms with Crippen molar-refractivity contribution in [3.8, 4) is 5.75 Å². The van der Waals surface area contributed by atoms with E-state index in [2.05, 4.69) is 9.72 Å². The van der Waals surface area contributed by atoms with Gasteiger partial charge in [0.1, 0.15) is 5.75 Å². The first-order valence-electron chi connectivity index (χ1n) is 8.81. The third-order valence-corrected chi connectivity index (χ3v) is 3.93. The highest BCUT2D eigenvalue weighted by Crippen LogP contribution is 2.27. The number of nitro groups is 1. The molecule has 0 aliphatic rings. The lowest BCUT2D eigenvalue weighted by Gasteiger charge is -2.13. The second kappa shape index (κ2) is 9.35. The van der Waals surface area contributed by atoms with Gasteiger partial charge in [0, 0.05) is 6.07 Å². The first-order chi connectivity index (χ1) is 14.2. The molecule has 0 bridgehead atoms. The van der Waals surface area contributed by atoms with Crippen molar-refractivity contribution in [1.82, 2.24) is 9.55 Å². The lowest BCUT2D eigenvalue weighted by atomic mass is 10.1. The van der Waals surface area contributed by atoms with E-state index in [1.54, 1.807) is 0 Å². The molecule has 0 aliphatic carbocycles. The van der Waals surface area contributed by atoms with Crippen LogP contribution in [0.1, 0.15) is 25.0 Å². The third-order valence-electron chi connectivity index (χ3n) is 3.93. The minimum Gasteiger partial charge on any atom is -0.406 e. The van der Waals surface area contributed by atoms with Gasteiger partial charge in [-0.2, -0.15) is 0 Å². The summed E-state index contributed by atoms with van der Waals surface area (Å²) in [5.41, 5.74) is -0.394. The average molecular weight is 425 g/mol. The minimum atomic E-state index is -4.85. The molecule has 8 nitrogen and oxygen atoms in total. The topological polar surface area (TPSA) is 107 Å². The molecule has 11 heteroatoms. The van der Waals surface area contributed by atoms with E-state index in [0.29, 0.717) is 5.56 Å². The molecule has 0 unspecified atom stereocenters. The molecule has 2 aromatic carbocycles. The van der Waals surface area contributed by atoms with Crippen LogP contribution in [0, 0.1) is 10.1 Å². The zero-order valence-corrected chi connectivity index (χ0v) is 16.0. The summed E-state index contributed by atoms with van der Waals surface area (Å²) in [6.07, 6.45) is -3.92. The summed E-state index contributed by atoms with van der Waals surface area (Å²) in [7, 11) is 0. The Morgan fingerprint density at radius 3 is 2.53 bits per heavy atom. The molecule has 0 amide bonds. The summed E-state index contributed by atoms with van der Waals surface area (Å²) in [6, 6.07) is 7.53. The van der Waals surface area contributed by atoms with Gasteiger partial charge in [-0.3, -0.25) is 14.9 Å². The van der Waals surface area contributed by atoms with E-state index in [9.17, 15) is 33.2 Å². The van der Waals surface area contributed by atoms with Crippen molar-refractivity contribution in [2.45, 2.75) is 33.4 Å². The van der Waals surface area contributed by atoms with E-state index in [0.717, 1.165) is 24.4 Å². The van der Waals surface area contributed by atoms with E-state index >= 15 is 0 Å². The molecule has 0 spiro atoms. The number of halogens is 3. The number of fused-ring (bicyclic) bond motifs is 1. The van der Waals surface area contributed by atoms with Gasteiger partial charge in [0.15, 0.2) is 0 Å². The Kier molecular flexibility index (Phi) is 7.11. The molecule has 160 valence electrons. The highest BCUT2D eigenvalue weighted by atomic mass is 19.4. The number of nitro benzene ring substituents is 1. The van der Waals surface area contributed by atoms with Crippen LogP contribution in [0.25, 0.3) is 11.0 Å². The SMILES string of the molecule is CC.O=c1cnc2c(CO)c([N+](=O)[O-])ccc2n1Cc1cccc(OC(F)(F)F)c1. The van der Waals surface area contributed by atoms with Crippen LogP contribution < -0.4 is 10.3 Å². The van der Waals surface area contributed by atoms with Crippen molar-refractivity contribution in [1.29, 1.82) is 0 Å². The molecule has 0 fully saturated rings. The van der Waals surface area contributed by atoms with Gasteiger partial charge in [-0.15, -0.1) is 13.2 Å². The highest BCUT2D eigenvalue weighted by Gasteiger charge is 2.31. The van der Waals surface area contributed by atoms with E-state index in [4.69, 9.17) is 0 Å². The van der Waals surface area contributed by atoms with Crippen molar-refractivity contribution >= 4 is 16.7 Å². The Morgan fingerprint density at radius 2 is 1.93 bits per heavy atom. The van der Waals surface area contributed by atoms with Crippen LogP contribution in [0.2, 0.25) is 0 Å². The number of hydrogen-bond acceptors (Lipinski definition) is 6. The molecular weight excluding hydrogens is 407 g/mol. The number of ether oxygens (including phenoxy) is 1. The van der Waals surface area contributed by atoms with E-state index < -0.39 is 29.2 Å². The summed E-state index contributed by atoms with van der Waals surface area (Å²) in [4.78, 5) is 26.6. The first-order valence-corrected chi connectivity index (χ1v) is 8.81. The number of aliphatic hydroxyl groups is 1. The Morgan fingerprint density at radius 1 is 1.23 bits per heavy atom. The maximum absolute atomic E-state index is 12.4. The third kappa shape index (κ3) is 5.11. The van der Waals surface area contributed by atoms with Gasteiger partial charge in [-0.25, -0.2) is 4.98 Å². The Bertz CT molecular complexity index is 1110. The van der Waals surface area contributed by atoms with Gasteiger partial charge in [-0.1, -0.05) is 26.0 Å². The number of nitrogens with zero attached hydrogens (tertiary/aromatic N) is 3. The summed E-state index contributed by atoms with van der Waals surface area (Å²) >= 11 is 0. The predicted molar refractivity (Wildman–Crippen MR) is 102 cm³/mol. The molecule has 0 aliphatic heterocycles. The highest BCUT2D eigenvalue weighted by molar-refractivity contribution is 5.82. The summed E-state index contributed by atoms with van der Waals surface area (Å²) < 4.78 is 42.2. The smallest absolute Gasteiger partial charge is 0.406 e. The van der Waals surface area contributed by atoms with Crippen LogP contribution in [0.4, 0.5) is 18.9 Å². The van der Waals surface area contributed by atoms with Crippen LogP contribution in [0.5, 0.6) is 5.75 Å². The largest absolute Gasteiger partial charge is 0.573 e. The van der Waals surface area contributed by atoms with Gasteiger partial charge >= 0.3 is 6.36 Å². The lowest BCUT2D eigenvalue weighted by molar-refractivity contribution is -0.385. The Hall–Kier alpha value is -3.47. The predicted octanol–water partition coefficient (Wildman–Crippen LogP) is 3.77. The summed E-state index contributed by atoms with van der Waals surface area (Å²) in [5, 5.41) is 20.6. The Labute approximate surface area is 168 Å². The number of rotatable bonds is 5. The maximum atomic E-state index is 12.4. The average Bonchev–Trinajstić information content (AvgIpc) is 2.69. The van der Waals surface area contributed by atoms with Crippen LogP contribution in [-0.4, -0.2) is 25.9 Å². The van der Waals surface area contributed by atoms with Crippen molar-refractivity contribution in [3.05, 3.63) is 74.2 Å². The molecule has 0 radical (unpaired) electrons. The summed E-state index contributed by atoms with van der Waals surface area (Å²) in [5.74, 6) is -0.442. The fourth-order valence-electron chi connectivity index (χ4n) is 2.80. The van der Waals surface area contributed by atoms with Crippen LogP contribution in [0.15, 0.2) is 47.4 Å². The Balaban J connectivity index is 0.00000155. The molecule has 0 atom stereocenters. The molecule has 0 saturated heterocycles. The van der Waals surface area contributed by atoms with Gasteiger partial charge in [0.05, 0.1) is 40.9 Å². The molecule has 3 aromatic rings.